The number of hydrogen-bond acceptors (Lipinski definition) is 6. The van der Waals surface area contributed by atoms with Gasteiger partial charge in [-0.25, -0.2) is 9.78 Å². The van der Waals surface area contributed by atoms with Crippen molar-refractivity contribution in [1.29, 1.82) is 0 Å². The number of carbonyl (C=O) groups excluding carboxylic acids is 2. The van der Waals surface area contributed by atoms with Gasteiger partial charge in [0.2, 0.25) is 0 Å². The van der Waals surface area contributed by atoms with Crippen LogP contribution < -0.4 is 10.1 Å². The molecule has 0 atom stereocenters. The summed E-state index contributed by atoms with van der Waals surface area (Å²) in [7, 11) is 1.53. The van der Waals surface area contributed by atoms with Gasteiger partial charge in [0.05, 0.1) is 17.1 Å². The molecule has 2 heterocycles. The van der Waals surface area contributed by atoms with Crippen molar-refractivity contribution in [1.82, 2.24) is 9.88 Å². The Bertz CT molecular complexity index is 932. The van der Waals surface area contributed by atoms with Crippen LogP contribution in [0.4, 0.5) is 10.5 Å². The third-order valence-electron chi connectivity index (χ3n) is 4.55. The Labute approximate surface area is 178 Å². The average molecular weight is 434 g/mol. The number of nitrogens with zero attached hydrogens (tertiary/aromatic N) is 2. The molecule has 2 aromatic rings. The van der Waals surface area contributed by atoms with Gasteiger partial charge in [-0.3, -0.25) is 4.79 Å². The lowest BCUT2D eigenvalue weighted by Crippen LogP contribution is -2.38. The number of amides is 2. The van der Waals surface area contributed by atoms with Gasteiger partial charge >= 0.3 is 6.09 Å². The van der Waals surface area contributed by atoms with Crippen LogP contribution in [0.1, 0.15) is 34.3 Å². The van der Waals surface area contributed by atoms with E-state index in [0.29, 0.717) is 35.2 Å². The number of methoxy groups -OCH3 is 1. The largest absolute Gasteiger partial charge is 0.495 e. The van der Waals surface area contributed by atoms with Crippen molar-refractivity contribution in [3.63, 3.8) is 0 Å². The molecule has 9 heteroatoms. The Kier molecular flexibility index (Phi) is 6.96. The zero-order valence-electron chi connectivity index (χ0n) is 15.8. The SMILES string of the molecule is C#CCOC(=O)N1CCC(c2nc(C(=O)Nc3ccc(OC)c(Cl)c3)cs2)CC1. The van der Waals surface area contributed by atoms with E-state index in [4.69, 9.17) is 27.5 Å². The fourth-order valence-corrected chi connectivity index (χ4v) is 4.25. The summed E-state index contributed by atoms with van der Waals surface area (Å²) < 4.78 is 10.1. The number of thiazole rings is 1. The van der Waals surface area contributed by atoms with Crippen LogP contribution in [0.25, 0.3) is 0 Å². The Morgan fingerprint density at radius 1 is 1.41 bits per heavy atom. The molecule has 0 saturated carbocycles. The fraction of sp³-hybridized carbons (Fsp3) is 0.350. The standard InChI is InChI=1S/C20H20ClN3O4S/c1-3-10-28-20(26)24-8-6-13(7-9-24)19-23-16(12-29-19)18(25)22-14-4-5-17(27-2)15(21)11-14/h1,4-5,11-13H,6-10H2,2H3,(H,22,25). The molecule has 0 radical (unpaired) electrons. The third-order valence-corrected chi connectivity index (χ3v) is 5.85. The van der Waals surface area contributed by atoms with Crippen LogP contribution in [0, 0.1) is 12.3 Å². The second kappa shape index (κ2) is 9.63. The van der Waals surface area contributed by atoms with Crippen LogP contribution in [-0.4, -0.2) is 48.7 Å². The minimum atomic E-state index is -0.390. The van der Waals surface area contributed by atoms with Crippen molar-refractivity contribution in [2.45, 2.75) is 18.8 Å². The normalized spacial score (nSPS) is 14.2. The van der Waals surface area contributed by atoms with Crippen LogP contribution in [0.2, 0.25) is 5.02 Å². The maximum absolute atomic E-state index is 12.5. The van der Waals surface area contributed by atoms with E-state index in [-0.39, 0.29) is 18.4 Å². The van der Waals surface area contributed by atoms with E-state index in [1.54, 1.807) is 28.5 Å². The van der Waals surface area contributed by atoms with Gasteiger partial charge in [0.1, 0.15) is 11.4 Å². The number of terminal acetylenes is 1. The van der Waals surface area contributed by atoms with Crippen molar-refractivity contribution in [3.05, 3.63) is 39.3 Å². The Hall–Kier alpha value is -2.76. The molecule has 0 unspecified atom stereocenters. The summed E-state index contributed by atoms with van der Waals surface area (Å²) in [5, 5.41) is 5.83. The maximum Gasteiger partial charge on any atom is 0.410 e. The molecule has 7 nitrogen and oxygen atoms in total. The van der Waals surface area contributed by atoms with E-state index in [2.05, 4.69) is 16.2 Å². The second-order valence-electron chi connectivity index (χ2n) is 6.39. The summed E-state index contributed by atoms with van der Waals surface area (Å²) in [6, 6.07) is 5.03. The first kappa shape index (κ1) is 21.0. The predicted octanol–water partition coefficient (Wildman–Crippen LogP) is 4.01. The topological polar surface area (TPSA) is 80.8 Å². The summed E-state index contributed by atoms with van der Waals surface area (Å²) >= 11 is 7.54. The van der Waals surface area contributed by atoms with E-state index in [1.165, 1.54) is 18.4 Å². The fourth-order valence-electron chi connectivity index (χ4n) is 3.02. The highest BCUT2D eigenvalue weighted by Gasteiger charge is 2.27. The zero-order chi connectivity index (χ0) is 20.8. The smallest absolute Gasteiger partial charge is 0.410 e. The lowest BCUT2D eigenvalue weighted by molar-refractivity contribution is 0.102. The van der Waals surface area contributed by atoms with Gasteiger partial charge in [0.25, 0.3) is 5.91 Å². The summed E-state index contributed by atoms with van der Waals surface area (Å²) in [6.45, 7) is 1.11. The number of halogens is 1. The lowest BCUT2D eigenvalue weighted by Gasteiger charge is -2.30. The molecule has 1 fully saturated rings. The monoisotopic (exact) mass is 433 g/mol. The van der Waals surface area contributed by atoms with Gasteiger partial charge in [-0.05, 0) is 31.0 Å². The Balaban J connectivity index is 1.57. The van der Waals surface area contributed by atoms with Crippen LogP contribution >= 0.6 is 22.9 Å². The number of rotatable bonds is 5. The van der Waals surface area contributed by atoms with Crippen LogP contribution in [-0.2, 0) is 4.74 Å². The average Bonchev–Trinajstić information content (AvgIpc) is 3.23. The number of nitrogens with one attached hydrogen (secondary N) is 1. The quantitative estimate of drug-likeness (QED) is 0.720. The van der Waals surface area contributed by atoms with Crippen LogP contribution in [0.5, 0.6) is 5.75 Å². The number of ether oxygens (including phenoxy) is 2. The number of aromatic nitrogens is 1. The summed E-state index contributed by atoms with van der Waals surface area (Å²) in [5.74, 6) is 2.72. The van der Waals surface area contributed by atoms with Gasteiger partial charge in [-0.15, -0.1) is 17.8 Å². The van der Waals surface area contributed by atoms with E-state index in [1.807, 2.05) is 0 Å². The molecule has 29 heavy (non-hydrogen) atoms. The zero-order valence-corrected chi connectivity index (χ0v) is 17.4. The van der Waals surface area contributed by atoms with Crippen LogP contribution in [0.15, 0.2) is 23.6 Å². The van der Waals surface area contributed by atoms with E-state index in [0.717, 1.165) is 17.8 Å². The van der Waals surface area contributed by atoms with Crippen LogP contribution in [0.3, 0.4) is 0 Å². The predicted molar refractivity (Wildman–Crippen MR) is 112 cm³/mol. The molecule has 1 aromatic carbocycles. The van der Waals surface area contributed by atoms with Crippen molar-refractivity contribution in [2.24, 2.45) is 0 Å². The molecule has 3 rings (SSSR count). The van der Waals surface area contributed by atoms with Gasteiger partial charge in [-0.1, -0.05) is 17.5 Å². The van der Waals surface area contributed by atoms with Crippen molar-refractivity contribution < 1.29 is 19.1 Å². The van der Waals surface area contributed by atoms with Gasteiger partial charge in [-0.2, -0.15) is 0 Å². The van der Waals surface area contributed by atoms with E-state index in [9.17, 15) is 9.59 Å². The summed E-state index contributed by atoms with van der Waals surface area (Å²) in [5.41, 5.74) is 0.918. The minimum Gasteiger partial charge on any atom is -0.495 e. The Morgan fingerprint density at radius 3 is 2.83 bits per heavy atom. The number of carbonyl (C=O) groups is 2. The number of benzene rings is 1. The number of piperidine rings is 1. The maximum atomic E-state index is 12.5. The first-order valence-corrected chi connectivity index (χ1v) is 10.2. The first-order valence-electron chi connectivity index (χ1n) is 8.97. The molecule has 0 aliphatic carbocycles. The molecule has 2 amide bonds. The minimum absolute atomic E-state index is 0.0247. The number of likely N-dealkylation sites (tertiary alicyclic amines) is 1. The molecule has 152 valence electrons. The molecule has 0 spiro atoms. The molecule has 1 aliphatic rings. The summed E-state index contributed by atoms with van der Waals surface area (Å²) in [4.78, 5) is 30.5. The molecule has 0 bridgehead atoms. The highest BCUT2D eigenvalue weighted by atomic mass is 35.5. The molecule has 1 saturated heterocycles. The molecule has 1 N–H and O–H groups in total. The Morgan fingerprint density at radius 2 is 2.17 bits per heavy atom. The molecular formula is C20H20ClN3O4S. The van der Waals surface area contributed by atoms with Crippen molar-refractivity contribution >= 4 is 40.6 Å². The number of hydrogen-bond donors (Lipinski definition) is 1. The van der Waals surface area contributed by atoms with E-state index < -0.39 is 6.09 Å². The first-order chi connectivity index (χ1) is 14.0. The molecule has 1 aromatic heterocycles. The summed E-state index contributed by atoms with van der Waals surface area (Å²) in [6.07, 6.45) is 6.23. The number of anilines is 1. The highest BCUT2D eigenvalue weighted by molar-refractivity contribution is 7.10. The van der Waals surface area contributed by atoms with Gasteiger partial charge in [0, 0.05) is 30.1 Å². The second-order valence-corrected chi connectivity index (χ2v) is 7.69. The molecule has 1 aliphatic heterocycles. The lowest BCUT2D eigenvalue weighted by atomic mass is 9.98. The van der Waals surface area contributed by atoms with Crippen molar-refractivity contribution in [3.8, 4) is 18.1 Å². The highest BCUT2D eigenvalue weighted by Crippen LogP contribution is 2.31. The van der Waals surface area contributed by atoms with Gasteiger partial charge < -0.3 is 19.7 Å². The van der Waals surface area contributed by atoms with E-state index >= 15 is 0 Å². The van der Waals surface area contributed by atoms with Crippen molar-refractivity contribution in [2.75, 3.05) is 32.1 Å². The van der Waals surface area contributed by atoms with Gasteiger partial charge in [0.15, 0.2) is 6.61 Å². The molecular weight excluding hydrogens is 414 g/mol. The third kappa shape index (κ3) is 5.19.